The maximum Gasteiger partial charge on any atom is 0.0198 e. The van der Waals surface area contributed by atoms with E-state index in [1.807, 2.05) is 0 Å². The van der Waals surface area contributed by atoms with E-state index in [1.54, 1.807) is 0 Å². The maximum absolute atomic E-state index is 3.78. The smallest absolute Gasteiger partial charge is 0.0198 e. The highest BCUT2D eigenvalue weighted by atomic mass is 15.2. The third kappa shape index (κ3) is 4.24. The minimum atomic E-state index is 0.792. The van der Waals surface area contributed by atoms with Gasteiger partial charge in [0.1, 0.15) is 0 Å². The highest BCUT2D eigenvalue weighted by molar-refractivity contribution is 4.90. The summed E-state index contributed by atoms with van der Waals surface area (Å²) in [7, 11) is 0. The molecule has 2 heteroatoms. The van der Waals surface area contributed by atoms with E-state index < -0.39 is 0 Å². The fourth-order valence-corrected chi connectivity index (χ4v) is 3.60. The Morgan fingerprint density at radius 3 is 2.67 bits per heavy atom. The molecule has 2 nitrogen and oxygen atoms in total. The molecule has 2 heterocycles. The molecule has 2 rings (SSSR count). The highest BCUT2D eigenvalue weighted by Gasteiger charge is 2.30. The molecule has 0 aromatic rings. The summed E-state index contributed by atoms with van der Waals surface area (Å²) < 4.78 is 0. The van der Waals surface area contributed by atoms with E-state index >= 15 is 0 Å². The van der Waals surface area contributed by atoms with Crippen LogP contribution in [-0.2, 0) is 0 Å². The molecule has 0 aromatic heterocycles. The number of rotatable bonds is 7. The Morgan fingerprint density at radius 1 is 1.06 bits per heavy atom. The molecule has 0 spiro atoms. The fourth-order valence-electron chi connectivity index (χ4n) is 3.60. The summed E-state index contributed by atoms with van der Waals surface area (Å²) >= 11 is 0. The van der Waals surface area contributed by atoms with Gasteiger partial charge in [-0.3, -0.25) is 4.90 Å². The van der Waals surface area contributed by atoms with Gasteiger partial charge in [-0.25, -0.2) is 0 Å². The Hall–Kier alpha value is -0.0800. The highest BCUT2D eigenvalue weighted by Crippen LogP contribution is 2.23. The topological polar surface area (TPSA) is 15.3 Å². The molecule has 18 heavy (non-hydrogen) atoms. The van der Waals surface area contributed by atoms with Crippen LogP contribution in [0.2, 0.25) is 0 Å². The number of nitrogens with one attached hydrogen (secondary N) is 1. The van der Waals surface area contributed by atoms with Gasteiger partial charge in [0.05, 0.1) is 0 Å². The van der Waals surface area contributed by atoms with Crippen molar-refractivity contribution in [3.63, 3.8) is 0 Å². The van der Waals surface area contributed by atoms with Crippen molar-refractivity contribution in [2.45, 2.75) is 89.8 Å². The van der Waals surface area contributed by atoms with Crippen LogP contribution < -0.4 is 5.32 Å². The van der Waals surface area contributed by atoms with Crippen LogP contribution in [0.5, 0.6) is 0 Å². The minimum absolute atomic E-state index is 0.792. The first-order valence-corrected chi connectivity index (χ1v) is 8.29. The fraction of sp³-hybridized carbons (Fsp3) is 1.00. The monoisotopic (exact) mass is 252 g/mol. The van der Waals surface area contributed by atoms with Crippen molar-refractivity contribution >= 4 is 0 Å². The molecule has 106 valence electrons. The van der Waals surface area contributed by atoms with Crippen LogP contribution in [-0.4, -0.2) is 36.1 Å². The number of nitrogens with zero attached hydrogens (tertiary/aromatic N) is 1. The summed E-state index contributed by atoms with van der Waals surface area (Å²) in [5.74, 6) is 0. The number of hydrogen-bond donors (Lipinski definition) is 1. The van der Waals surface area contributed by atoms with Gasteiger partial charge >= 0.3 is 0 Å². The SMILES string of the molecule is CCCCCCCC(C)N1CCC2CCC(C1)N2. The first-order valence-electron chi connectivity index (χ1n) is 8.29. The van der Waals surface area contributed by atoms with Crippen molar-refractivity contribution in [3.05, 3.63) is 0 Å². The molecule has 0 radical (unpaired) electrons. The van der Waals surface area contributed by atoms with E-state index in [2.05, 4.69) is 24.1 Å². The lowest BCUT2D eigenvalue weighted by molar-refractivity contribution is 0.186. The van der Waals surface area contributed by atoms with E-state index in [0.717, 1.165) is 18.1 Å². The zero-order valence-corrected chi connectivity index (χ0v) is 12.5. The van der Waals surface area contributed by atoms with Crippen molar-refractivity contribution in [2.24, 2.45) is 0 Å². The Balaban J connectivity index is 1.64. The molecule has 3 atom stereocenters. The quantitative estimate of drug-likeness (QED) is 0.697. The van der Waals surface area contributed by atoms with E-state index in [0.29, 0.717) is 0 Å². The molecule has 2 aliphatic heterocycles. The van der Waals surface area contributed by atoms with E-state index in [4.69, 9.17) is 0 Å². The zero-order chi connectivity index (χ0) is 12.8. The summed E-state index contributed by atoms with van der Waals surface area (Å²) in [5.41, 5.74) is 0. The molecule has 2 saturated heterocycles. The normalized spacial score (nSPS) is 30.3. The third-order valence-corrected chi connectivity index (χ3v) is 4.90. The molecule has 0 saturated carbocycles. The summed E-state index contributed by atoms with van der Waals surface area (Å²) in [6.45, 7) is 7.36. The number of likely N-dealkylation sites (tertiary alicyclic amines) is 1. The third-order valence-electron chi connectivity index (χ3n) is 4.90. The average Bonchev–Trinajstić information content (AvgIpc) is 2.68. The van der Waals surface area contributed by atoms with Crippen molar-refractivity contribution in [2.75, 3.05) is 13.1 Å². The molecule has 0 aromatic carbocycles. The molecular formula is C16H32N2. The minimum Gasteiger partial charge on any atom is -0.310 e. The van der Waals surface area contributed by atoms with Crippen LogP contribution in [0.1, 0.15) is 71.6 Å². The van der Waals surface area contributed by atoms with Gasteiger partial charge in [0.25, 0.3) is 0 Å². The predicted molar refractivity (Wildman–Crippen MR) is 79.0 cm³/mol. The molecule has 2 fully saturated rings. The van der Waals surface area contributed by atoms with E-state index in [9.17, 15) is 0 Å². The second kappa shape index (κ2) is 7.49. The first-order chi connectivity index (χ1) is 8.79. The molecule has 1 N–H and O–H groups in total. The number of fused-ring (bicyclic) bond motifs is 2. The van der Waals surface area contributed by atoms with Gasteiger partial charge in [0.15, 0.2) is 0 Å². The Kier molecular flexibility index (Phi) is 5.97. The summed E-state index contributed by atoms with van der Waals surface area (Å²) in [6, 6.07) is 2.42. The Bertz CT molecular complexity index is 229. The van der Waals surface area contributed by atoms with Gasteiger partial charge in [-0.15, -0.1) is 0 Å². The first kappa shape index (κ1) is 14.3. The van der Waals surface area contributed by atoms with Crippen LogP contribution in [0.4, 0.5) is 0 Å². The van der Waals surface area contributed by atoms with Gasteiger partial charge in [-0.1, -0.05) is 39.0 Å². The molecular weight excluding hydrogens is 220 g/mol. The summed E-state index contributed by atoms with van der Waals surface area (Å²) in [4.78, 5) is 2.75. The van der Waals surface area contributed by atoms with Gasteiger partial charge in [0, 0.05) is 24.7 Å². The van der Waals surface area contributed by atoms with Crippen molar-refractivity contribution in [3.8, 4) is 0 Å². The standard InChI is InChI=1S/C16H32N2/c1-3-4-5-6-7-8-14(2)18-12-11-15-9-10-16(13-18)17-15/h14-17H,3-13H2,1-2H3. The van der Waals surface area contributed by atoms with Crippen molar-refractivity contribution < 1.29 is 0 Å². The van der Waals surface area contributed by atoms with E-state index in [1.165, 1.54) is 70.9 Å². The van der Waals surface area contributed by atoms with Crippen LogP contribution in [0.15, 0.2) is 0 Å². The lowest BCUT2D eigenvalue weighted by Gasteiger charge is -2.30. The Labute approximate surface area is 114 Å². The lowest BCUT2D eigenvalue weighted by atomic mass is 10.0. The summed E-state index contributed by atoms with van der Waals surface area (Å²) in [5, 5.41) is 3.78. The lowest BCUT2D eigenvalue weighted by Crippen LogP contribution is -2.40. The van der Waals surface area contributed by atoms with Crippen molar-refractivity contribution in [1.82, 2.24) is 10.2 Å². The predicted octanol–water partition coefficient (Wildman–Crippen LogP) is 3.56. The molecule has 3 unspecified atom stereocenters. The van der Waals surface area contributed by atoms with Crippen molar-refractivity contribution in [1.29, 1.82) is 0 Å². The Morgan fingerprint density at radius 2 is 1.83 bits per heavy atom. The molecule has 2 bridgehead atoms. The van der Waals surface area contributed by atoms with E-state index in [-0.39, 0.29) is 0 Å². The second-order valence-electron chi connectivity index (χ2n) is 6.47. The largest absolute Gasteiger partial charge is 0.310 e. The van der Waals surface area contributed by atoms with Crippen LogP contribution in [0, 0.1) is 0 Å². The summed E-state index contributed by atoms with van der Waals surface area (Å²) in [6.07, 6.45) is 12.7. The number of hydrogen-bond acceptors (Lipinski definition) is 2. The van der Waals surface area contributed by atoms with Gasteiger partial charge < -0.3 is 5.32 Å². The van der Waals surface area contributed by atoms with Gasteiger partial charge in [0.2, 0.25) is 0 Å². The van der Waals surface area contributed by atoms with Crippen LogP contribution in [0.25, 0.3) is 0 Å². The molecule has 0 amide bonds. The molecule has 2 aliphatic rings. The van der Waals surface area contributed by atoms with Gasteiger partial charge in [-0.05, 0) is 39.2 Å². The molecule has 0 aliphatic carbocycles. The maximum atomic E-state index is 3.78. The average molecular weight is 252 g/mol. The zero-order valence-electron chi connectivity index (χ0n) is 12.5. The second-order valence-corrected chi connectivity index (χ2v) is 6.47. The number of unbranched alkanes of at least 4 members (excludes halogenated alkanes) is 4. The van der Waals surface area contributed by atoms with Gasteiger partial charge in [-0.2, -0.15) is 0 Å². The van der Waals surface area contributed by atoms with Crippen LogP contribution in [0.3, 0.4) is 0 Å². The van der Waals surface area contributed by atoms with Crippen LogP contribution >= 0.6 is 0 Å².